The fraction of sp³-hybridized carbons (Fsp3) is 0.474. The topological polar surface area (TPSA) is 45.7 Å². The van der Waals surface area contributed by atoms with Crippen molar-refractivity contribution in [2.75, 3.05) is 20.2 Å². The second-order valence-corrected chi connectivity index (χ2v) is 6.80. The number of fused-ring (bicyclic) bond motifs is 1. The Balaban J connectivity index is 1.81. The maximum Gasteiger partial charge on any atom is 0.272 e. The maximum absolute atomic E-state index is 12.8. The van der Waals surface area contributed by atoms with Gasteiger partial charge in [-0.25, -0.2) is 8.78 Å². The molecule has 2 aliphatic rings. The van der Waals surface area contributed by atoms with Crippen LogP contribution in [0.5, 0.6) is 0 Å². The summed E-state index contributed by atoms with van der Waals surface area (Å²) in [5.41, 5.74) is 4.38. The van der Waals surface area contributed by atoms with Gasteiger partial charge in [0.15, 0.2) is 12.5 Å². The fourth-order valence-corrected chi connectivity index (χ4v) is 3.56. The second kappa shape index (κ2) is 7.05. The number of hydrogen-bond acceptors (Lipinski definition) is 4. The molecule has 5 nitrogen and oxygen atoms in total. The number of rotatable bonds is 5. The quantitative estimate of drug-likeness (QED) is 0.806. The van der Waals surface area contributed by atoms with Crippen molar-refractivity contribution in [1.29, 1.82) is 0 Å². The van der Waals surface area contributed by atoms with Crippen LogP contribution in [-0.2, 0) is 11.3 Å². The van der Waals surface area contributed by atoms with Crippen molar-refractivity contribution in [1.82, 2.24) is 14.8 Å². The van der Waals surface area contributed by atoms with Crippen molar-refractivity contribution >= 4 is 5.91 Å². The minimum Gasteiger partial charge on any atom is -0.473 e. The van der Waals surface area contributed by atoms with Crippen LogP contribution in [0, 0.1) is 6.92 Å². The molecule has 0 saturated heterocycles. The van der Waals surface area contributed by atoms with Crippen molar-refractivity contribution < 1.29 is 18.3 Å². The largest absolute Gasteiger partial charge is 0.473 e. The summed E-state index contributed by atoms with van der Waals surface area (Å²) >= 11 is 0. The zero-order chi connectivity index (χ0) is 19.0. The van der Waals surface area contributed by atoms with Gasteiger partial charge in [0.25, 0.3) is 12.3 Å². The molecule has 1 aromatic rings. The molecule has 0 bridgehead atoms. The van der Waals surface area contributed by atoms with Gasteiger partial charge in [-0.2, -0.15) is 0 Å². The van der Waals surface area contributed by atoms with E-state index in [4.69, 9.17) is 4.74 Å². The monoisotopic (exact) mass is 363 g/mol. The van der Waals surface area contributed by atoms with Crippen LogP contribution in [0.4, 0.5) is 8.78 Å². The molecule has 1 unspecified atom stereocenters. The van der Waals surface area contributed by atoms with E-state index in [9.17, 15) is 13.6 Å². The number of carbonyl (C=O) groups is 1. The van der Waals surface area contributed by atoms with E-state index in [-0.39, 0.29) is 11.9 Å². The lowest BCUT2D eigenvalue weighted by molar-refractivity contribution is 0.0221. The van der Waals surface area contributed by atoms with Crippen LogP contribution in [0.15, 0.2) is 35.4 Å². The molecule has 0 aliphatic carbocycles. The number of pyridine rings is 1. The molecule has 3 heterocycles. The first-order valence-electron chi connectivity index (χ1n) is 8.58. The smallest absolute Gasteiger partial charge is 0.272 e. The zero-order valence-corrected chi connectivity index (χ0v) is 15.4. The summed E-state index contributed by atoms with van der Waals surface area (Å²) in [4.78, 5) is 20.7. The maximum atomic E-state index is 12.8. The molecule has 0 radical (unpaired) electrons. The molecule has 0 spiro atoms. The van der Waals surface area contributed by atoms with E-state index < -0.39 is 13.0 Å². The minimum atomic E-state index is -2.51. The number of alkyl halides is 2. The van der Waals surface area contributed by atoms with Gasteiger partial charge in [0.05, 0.1) is 6.04 Å². The van der Waals surface area contributed by atoms with Gasteiger partial charge in [-0.05, 0) is 32.4 Å². The number of ether oxygens (including phenoxy) is 1. The van der Waals surface area contributed by atoms with Crippen molar-refractivity contribution in [3.05, 3.63) is 52.2 Å². The molecule has 0 N–H and O–H groups in total. The summed E-state index contributed by atoms with van der Waals surface area (Å²) in [6.45, 7) is 6.17. The van der Waals surface area contributed by atoms with Gasteiger partial charge in [-0.15, -0.1) is 0 Å². The standard InChI is InChI=1S/C19H23F2N3O2/c1-11-7-14(8-23(4)19(11)26-10-17(20)21)13(3)24-9-16-12(2)22-6-5-15(16)18(24)25/h5-7,13,17H,8-10H2,1-4H3. The number of aromatic nitrogens is 1. The minimum absolute atomic E-state index is 0.00272. The van der Waals surface area contributed by atoms with Crippen molar-refractivity contribution in [2.24, 2.45) is 0 Å². The van der Waals surface area contributed by atoms with Crippen molar-refractivity contribution in [2.45, 2.75) is 39.8 Å². The Hall–Kier alpha value is -2.44. The van der Waals surface area contributed by atoms with Crippen LogP contribution >= 0.6 is 0 Å². The molecular weight excluding hydrogens is 340 g/mol. The van der Waals surface area contributed by atoms with Gasteiger partial charge in [0.2, 0.25) is 0 Å². The van der Waals surface area contributed by atoms with E-state index in [1.54, 1.807) is 19.3 Å². The number of hydrogen-bond donors (Lipinski definition) is 0. The highest BCUT2D eigenvalue weighted by Gasteiger charge is 2.34. The Morgan fingerprint density at radius 1 is 1.31 bits per heavy atom. The SMILES string of the molecule is CC1=C(OCC(F)F)N(C)CC(C(C)N2Cc3c(ccnc3C)C2=O)=C1. The molecule has 1 atom stereocenters. The zero-order valence-electron chi connectivity index (χ0n) is 15.4. The summed E-state index contributed by atoms with van der Waals surface area (Å²) in [6.07, 6.45) is 1.09. The van der Waals surface area contributed by atoms with Crippen molar-refractivity contribution in [3.63, 3.8) is 0 Å². The van der Waals surface area contributed by atoms with Gasteiger partial charge in [-0.1, -0.05) is 6.08 Å². The van der Waals surface area contributed by atoms with Gasteiger partial charge in [-0.3, -0.25) is 9.78 Å². The Labute approximate surface area is 151 Å². The Morgan fingerprint density at radius 3 is 2.65 bits per heavy atom. The van der Waals surface area contributed by atoms with E-state index >= 15 is 0 Å². The van der Waals surface area contributed by atoms with E-state index in [2.05, 4.69) is 4.98 Å². The normalized spacial score (nSPS) is 18.4. The molecule has 3 rings (SSSR count). The molecule has 0 aromatic carbocycles. The predicted molar refractivity (Wildman–Crippen MR) is 93.7 cm³/mol. The second-order valence-electron chi connectivity index (χ2n) is 6.80. The molecule has 2 aliphatic heterocycles. The number of nitrogens with zero attached hydrogens (tertiary/aromatic N) is 3. The summed E-state index contributed by atoms with van der Waals surface area (Å²) in [5, 5.41) is 0. The van der Waals surface area contributed by atoms with Crippen LogP contribution in [0.25, 0.3) is 0 Å². The summed E-state index contributed by atoms with van der Waals surface area (Å²) in [5.74, 6) is 0.459. The Kier molecular flexibility index (Phi) is 4.98. The first-order chi connectivity index (χ1) is 12.3. The molecule has 0 saturated carbocycles. The lowest BCUT2D eigenvalue weighted by Gasteiger charge is -2.34. The molecule has 1 amide bonds. The van der Waals surface area contributed by atoms with Crippen molar-refractivity contribution in [3.8, 4) is 0 Å². The number of likely N-dealkylation sites (N-methyl/N-ethyl adjacent to an activating group) is 1. The van der Waals surface area contributed by atoms with Crippen LogP contribution in [-0.4, -0.2) is 53.4 Å². The van der Waals surface area contributed by atoms with E-state index in [0.29, 0.717) is 24.5 Å². The molecular formula is C19H23F2N3O2. The third-order valence-electron chi connectivity index (χ3n) is 4.95. The number of allylic oxidation sites excluding steroid dienone is 2. The number of amides is 1. The van der Waals surface area contributed by atoms with E-state index in [1.807, 2.05) is 36.6 Å². The van der Waals surface area contributed by atoms with Crippen LogP contribution in [0.1, 0.15) is 35.5 Å². The van der Waals surface area contributed by atoms with Gasteiger partial charge in [0, 0.05) is 48.7 Å². The summed E-state index contributed by atoms with van der Waals surface area (Å²) < 4.78 is 30.1. The predicted octanol–water partition coefficient (Wildman–Crippen LogP) is 3.12. The molecule has 140 valence electrons. The lowest BCUT2D eigenvalue weighted by Crippen LogP contribution is -2.39. The number of carbonyl (C=O) groups excluding carboxylic acids is 1. The molecule has 0 fully saturated rings. The first kappa shape index (κ1) is 18.4. The fourth-order valence-electron chi connectivity index (χ4n) is 3.56. The third-order valence-corrected chi connectivity index (χ3v) is 4.95. The Morgan fingerprint density at radius 2 is 2.04 bits per heavy atom. The van der Waals surface area contributed by atoms with Crippen LogP contribution in [0.2, 0.25) is 0 Å². The average Bonchev–Trinajstić information content (AvgIpc) is 2.91. The highest BCUT2D eigenvalue weighted by molar-refractivity contribution is 5.98. The third kappa shape index (κ3) is 3.30. The highest BCUT2D eigenvalue weighted by atomic mass is 19.3. The van der Waals surface area contributed by atoms with E-state index in [0.717, 1.165) is 22.4 Å². The lowest BCUT2D eigenvalue weighted by atomic mass is 10.0. The molecule has 7 heteroatoms. The van der Waals surface area contributed by atoms with E-state index in [1.165, 1.54) is 0 Å². The summed E-state index contributed by atoms with van der Waals surface area (Å²) in [7, 11) is 1.80. The summed E-state index contributed by atoms with van der Waals surface area (Å²) in [6, 6.07) is 1.66. The number of aryl methyl sites for hydroxylation is 1. The van der Waals surface area contributed by atoms with Gasteiger partial charge >= 0.3 is 0 Å². The molecule has 1 aromatic heterocycles. The first-order valence-corrected chi connectivity index (χ1v) is 8.58. The van der Waals surface area contributed by atoms with Gasteiger partial charge < -0.3 is 14.5 Å². The van der Waals surface area contributed by atoms with Crippen LogP contribution < -0.4 is 0 Å². The molecule has 26 heavy (non-hydrogen) atoms. The Bertz CT molecular complexity index is 789. The average molecular weight is 363 g/mol. The number of halogens is 2. The van der Waals surface area contributed by atoms with Crippen LogP contribution in [0.3, 0.4) is 0 Å². The highest BCUT2D eigenvalue weighted by Crippen LogP contribution is 2.31. The van der Waals surface area contributed by atoms with Gasteiger partial charge in [0.1, 0.15) is 0 Å².